The molecule has 10 heteroatoms. The molecule has 0 saturated carbocycles. The van der Waals surface area contributed by atoms with Crippen molar-refractivity contribution in [1.82, 2.24) is 19.8 Å². The van der Waals surface area contributed by atoms with Gasteiger partial charge >= 0.3 is 6.01 Å². The molecule has 0 spiro atoms. The number of hydrogen-bond donors (Lipinski definition) is 1. The van der Waals surface area contributed by atoms with Gasteiger partial charge in [-0.25, -0.2) is 0 Å². The second-order valence-corrected chi connectivity index (χ2v) is 12.0. The minimum Gasteiger partial charge on any atom is -0.462 e. The normalized spacial score (nSPS) is 20.7. The van der Waals surface area contributed by atoms with Crippen molar-refractivity contribution in [3.05, 3.63) is 65.4 Å². The van der Waals surface area contributed by atoms with Crippen LogP contribution in [0.4, 0.5) is 11.5 Å². The molecule has 4 heterocycles. The molecule has 0 bridgehead atoms. The number of fused-ring (bicyclic) bond motifs is 2. The predicted octanol–water partition coefficient (Wildman–Crippen LogP) is 3.45. The number of aliphatic hydroxyl groups excluding tert-OH is 1. The Balaban J connectivity index is 1.32. The summed E-state index contributed by atoms with van der Waals surface area (Å²) in [5.41, 5.74) is 4.53. The van der Waals surface area contributed by atoms with E-state index in [4.69, 9.17) is 19.8 Å². The van der Waals surface area contributed by atoms with Crippen molar-refractivity contribution in [1.29, 1.82) is 5.26 Å². The van der Waals surface area contributed by atoms with Crippen LogP contribution in [-0.4, -0.2) is 95.9 Å². The minimum atomic E-state index is -0.287. The standard InChI is InChI=1S/C34H41N7O3/c1-24-7-3-8-25-9-4-11-30(32(24)25)39-17-14-28-29(22-39)36-34(44-23-27-10-5-16-38(27)2)37-33(28)40-18-19-41(26(21-40)13-15-35)31(43)12-6-20-42/h3-4,6-9,11-12,26-27,42H,5,10,13-14,16-23H2,1-2H3/b12-6+. The number of rotatable bonds is 8. The quantitative estimate of drug-likeness (QED) is 0.392. The molecule has 2 unspecified atom stereocenters. The molecule has 2 saturated heterocycles. The lowest BCUT2D eigenvalue weighted by atomic mass is 9.99. The topological polar surface area (TPSA) is 109 Å². The molecule has 230 valence electrons. The Morgan fingerprint density at radius 2 is 1.95 bits per heavy atom. The summed E-state index contributed by atoms with van der Waals surface area (Å²) in [6.45, 7) is 6.59. The third kappa shape index (κ3) is 6.07. The number of likely N-dealkylation sites (tertiary alicyclic amines) is 1. The van der Waals surface area contributed by atoms with E-state index in [0.717, 1.165) is 49.4 Å². The van der Waals surface area contributed by atoms with Crippen LogP contribution in [-0.2, 0) is 17.8 Å². The molecule has 0 aliphatic carbocycles. The zero-order valence-electron chi connectivity index (χ0n) is 25.7. The van der Waals surface area contributed by atoms with E-state index in [0.29, 0.717) is 44.8 Å². The lowest BCUT2D eigenvalue weighted by Crippen LogP contribution is -2.55. The van der Waals surface area contributed by atoms with E-state index in [2.05, 4.69) is 71.1 Å². The number of benzene rings is 2. The Hall–Kier alpha value is -4.20. The van der Waals surface area contributed by atoms with Crippen LogP contribution < -0.4 is 14.5 Å². The van der Waals surface area contributed by atoms with Gasteiger partial charge in [0.2, 0.25) is 5.91 Å². The Kier molecular flexibility index (Phi) is 8.96. The highest BCUT2D eigenvalue weighted by Gasteiger charge is 2.34. The van der Waals surface area contributed by atoms with Crippen LogP contribution in [0.1, 0.15) is 36.1 Å². The number of likely N-dealkylation sites (N-methyl/N-ethyl adjacent to an activating group) is 1. The molecule has 0 radical (unpaired) electrons. The molecule has 3 aromatic rings. The molecule has 2 aromatic carbocycles. The van der Waals surface area contributed by atoms with Gasteiger partial charge in [-0.3, -0.25) is 4.79 Å². The summed E-state index contributed by atoms with van der Waals surface area (Å²) in [5.74, 6) is 0.661. The van der Waals surface area contributed by atoms with Crippen molar-refractivity contribution < 1.29 is 14.6 Å². The average molecular weight is 596 g/mol. The predicted molar refractivity (Wildman–Crippen MR) is 171 cm³/mol. The van der Waals surface area contributed by atoms with Crippen molar-refractivity contribution in [2.45, 2.75) is 51.2 Å². The molecule has 3 aliphatic rings. The third-order valence-corrected chi connectivity index (χ3v) is 9.29. The Bertz CT molecular complexity index is 1580. The molecular formula is C34H41N7O3. The minimum absolute atomic E-state index is 0.186. The van der Waals surface area contributed by atoms with Crippen molar-refractivity contribution in [2.75, 3.05) is 62.8 Å². The third-order valence-electron chi connectivity index (χ3n) is 9.29. The Labute approximate surface area is 259 Å². The van der Waals surface area contributed by atoms with Gasteiger partial charge in [0, 0.05) is 54.9 Å². The van der Waals surface area contributed by atoms with Crippen molar-refractivity contribution in [2.24, 2.45) is 0 Å². The van der Waals surface area contributed by atoms with E-state index in [1.807, 2.05) is 0 Å². The number of aliphatic hydroxyl groups is 1. The Morgan fingerprint density at radius 1 is 1.11 bits per heavy atom. The number of ether oxygens (including phenoxy) is 1. The van der Waals surface area contributed by atoms with Crippen LogP contribution >= 0.6 is 0 Å². The Morgan fingerprint density at radius 3 is 2.73 bits per heavy atom. The monoisotopic (exact) mass is 595 g/mol. The van der Waals surface area contributed by atoms with Gasteiger partial charge in [0.15, 0.2) is 0 Å². The highest BCUT2D eigenvalue weighted by Crippen LogP contribution is 2.36. The van der Waals surface area contributed by atoms with Gasteiger partial charge < -0.3 is 29.4 Å². The number of carbonyl (C=O) groups excluding carboxylic acids is 1. The summed E-state index contributed by atoms with van der Waals surface area (Å²) in [7, 11) is 2.13. The summed E-state index contributed by atoms with van der Waals surface area (Å²) in [4.78, 5) is 31.5. The van der Waals surface area contributed by atoms with Gasteiger partial charge in [0.1, 0.15) is 12.4 Å². The number of anilines is 2. The van der Waals surface area contributed by atoms with Crippen molar-refractivity contribution in [3.8, 4) is 12.1 Å². The number of hydrogen-bond acceptors (Lipinski definition) is 9. The number of nitrogens with zero attached hydrogens (tertiary/aromatic N) is 7. The summed E-state index contributed by atoms with van der Waals surface area (Å²) in [6, 6.07) is 15.6. The molecule has 2 atom stereocenters. The largest absolute Gasteiger partial charge is 0.462 e. The van der Waals surface area contributed by atoms with Gasteiger partial charge in [-0.1, -0.05) is 36.4 Å². The number of aromatic nitrogens is 2. The van der Waals surface area contributed by atoms with E-state index in [9.17, 15) is 10.1 Å². The fraction of sp³-hybridized carbons (Fsp3) is 0.471. The van der Waals surface area contributed by atoms with Gasteiger partial charge in [-0.2, -0.15) is 15.2 Å². The molecular weight excluding hydrogens is 554 g/mol. The van der Waals surface area contributed by atoms with Crippen LogP contribution in [0.25, 0.3) is 10.8 Å². The highest BCUT2D eigenvalue weighted by molar-refractivity contribution is 5.97. The lowest BCUT2D eigenvalue weighted by molar-refractivity contribution is -0.128. The summed E-state index contributed by atoms with van der Waals surface area (Å²) in [5, 5.41) is 21.2. The van der Waals surface area contributed by atoms with E-state index in [1.165, 1.54) is 34.2 Å². The van der Waals surface area contributed by atoms with Crippen LogP contribution in [0.5, 0.6) is 6.01 Å². The van der Waals surface area contributed by atoms with Crippen molar-refractivity contribution in [3.63, 3.8) is 0 Å². The number of carbonyl (C=O) groups is 1. The maximum atomic E-state index is 12.8. The first-order valence-electron chi connectivity index (χ1n) is 15.6. The summed E-state index contributed by atoms with van der Waals surface area (Å²) in [6.07, 6.45) is 6.08. The highest BCUT2D eigenvalue weighted by atomic mass is 16.5. The second kappa shape index (κ2) is 13.2. The first-order valence-corrected chi connectivity index (χ1v) is 15.6. The average Bonchev–Trinajstić information content (AvgIpc) is 3.46. The zero-order chi connectivity index (χ0) is 30.6. The van der Waals surface area contributed by atoms with Crippen molar-refractivity contribution >= 4 is 28.2 Å². The fourth-order valence-electron chi connectivity index (χ4n) is 6.92. The van der Waals surface area contributed by atoms with Gasteiger partial charge in [-0.05, 0) is 56.8 Å². The maximum Gasteiger partial charge on any atom is 0.318 e. The van der Waals surface area contributed by atoms with E-state index < -0.39 is 0 Å². The zero-order valence-corrected chi connectivity index (χ0v) is 25.7. The molecule has 44 heavy (non-hydrogen) atoms. The fourth-order valence-corrected chi connectivity index (χ4v) is 6.92. The second-order valence-electron chi connectivity index (χ2n) is 12.0. The number of piperazine rings is 1. The van der Waals surface area contributed by atoms with Crippen LogP contribution in [0.3, 0.4) is 0 Å². The first-order chi connectivity index (χ1) is 21.5. The molecule has 1 amide bonds. The maximum absolute atomic E-state index is 12.8. The van der Waals surface area contributed by atoms with Gasteiger partial charge in [0.25, 0.3) is 0 Å². The summed E-state index contributed by atoms with van der Waals surface area (Å²) < 4.78 is 6.31. The molecule has 6 rings (SSSR count). The smallest absolute Gasteiger partial charge is 0.318 e. The van der Waals surface area contributed by atoms with E-state index in [1.54, 1.807) is 4.90 Å². The van der Waals surface area contributed by atoms with E-state index in [-0.39, 0.29) is 25.0 Å². The summed E-state index contributed by atoms with van der Waals surface area (Å²) >= 11 is 0. The first kappa shape index (κ1) is 29.9. The molecule has 3 aliphatic heterocycles. The van der Waals surface area contributed by atoms with E-state index >= 15 is 0 Å². The number of nitriles is 1. The molecule has 1 N–H and O–H groups in total. The van der Waals surface area contributed by atoms with Crippen LogP contribution in [0.15, 0.2) is 48.6 Å². The van der Waals surface area contributed by atoms with Crippen LogP contribution in [0.2, 0.25) is 0 Å². The van der Waals surface area contributed by atoms with Gasteiger partial charge in [-0.15, -0.1) is 0 Å². The van der Waals surface area contributed by atoms with Gasteiger partial charge in [0.05, 0.1) is 37.4 Å². The SMILES string of the molecule is Cc1cccc2cccc(N3CCc4c(nc(OCC5CCCN5C)nc4N4CCN(C(=O)/C=C/CO)C(CC#N)C4)C3)c12. The molecule has 1 aromatic heterocycles. The molecule has 10 nitrogen and oxygen atoms in total. The number of amides is 1. The van der Waals surface area contributed by atoms with Crippen LogP contribution in [0, 0.1) is 18.3 Å². The number of aryl methyl sites for hydroxylation is 1. The lowest BCUT2D eigenvalue weighted by Gasteiger charge is -2.42. The molecule has 2 fully saturated rings.